The number of aryl methyl sites for hydroxylation is 1. The van der Waals surface area contributed by atoms with Gasteiger partial charge in [0.25, 0.3) is 0 Å². The molecule has 1 heterocycles. The molecule has 8 heteroatoms. The lowest BCUT2D eigenvalue weighted by Gasteiger charge is -2.29. The van der Waals surface area contributed by atoms with Crippen molar-refractivity contribution in [2.75, 3.05) is 12.4 Å². The minimum Gasteiger partial charge on any atom is -0.359 e. The Labute approximate surface area is 199 Å². The molecule has 0 spiro atoms. The topological polar surface area (TPSA) is 116 Å². The van der Waals surface area contributed by atoms with Crippen molar-refractivity contribution < 1.29 is 19.2 Å². The fourth-order valence-corrected chi connectivity index (χ4v) is 3.80. The van der Waals surface area contributed by atoms with Gasteiger partial charge in [-0.3, -0.25) is 19.2 Å². The molecule has 2 aromatic rings. The lowest BCUT2D eigenvalue weighted by Crippen LogP contribution is -2.62. The van der Waals surface area contributed by atoms with Crippen molar-refractivity contribution in [1.29, 1.82) is 0 Å². The first-order valence-electron chi connectivity index (χ1n) is 11.6. The molecule has 2 atom stereocenters. The van der Waals surface area contributed by atoms with Crippen molar-refractivity contribution in [1.82, 2.24) is 16.0 Å². The fraction of sp³-hybridized carbons (Fsp3) is 0.385. The predicted molar refractivity (Wildman–Crippen MR) is 130 cm³/mol. The van der Waals surface area contributed by atoms with Crippen LogP contribution in [0.15, 0.2) is 48.5 Å². The van der Waals surface area contributed by atoms with E-state index in [9.17, 15) is 19.2 Å². The first-order chi connectivity index (χ1) is 16.3. The standard InChI is InChI=1S/C26H32N4O4/c1-17-7-9-18(10-8-17)15-21-25(33)30-22(26(34)29-21)16-19-11-13-20(14-12-19)28-24(32)6-4-3-5-23(31)27-2/h7-14,21-22H,3-6,15-16H2,1-2H3,(H,27,31)(H,28,32)(H,29,34)(H,30,33). The van der Waals surface area contributed by atoms with E-state index >= 15 is 0 Å². The molecule has 2 aromatic carbocycles. The number of hydrogen-bond acceptors (Lipinski definition) is 4. The summed E-state index contributed by atoms with van der Waals surface area (Å²) in [7, 11) is 1.59. The second-order valence-electron chi connectivity index (χ2n) is 8.64. The number of carbonyl (C=O) groups is 4. The van der Waals surface area contributed by atoms with Crippen LogP contribution in [0.2, 0.25) is 0 Å². The Morgan fingerprint density at radius 3 is 1.74 bits per heavy atom. The van der Waals surface area contributed by atoms with Crippen LogP contribution in [0.4, 0.5) is 5.69 Å². The van der Waals surface area contributed by atoms with Gasteiger partial charge in [-0.1, -0.05) is 42.0 Å². The zero-order valence-electron chi connectivity index (χ0n) is 19.6. The monoisotopic (exact) mass is 464 g/mol. The molecule has 1 aliphatic heterocycles. The lowest BCUT2D eigenvalue weighted by molar-refractivity contribution is -0.136. The Morgan fingerprint density at radius 1 is 0.765 bits per heavy atom. The molecule has 0 aliphatic carbocycles. The molecule has 34 heavy (non-hydrogen) atoms. The van der Waals surface area contributed by atoms with E-state index < -0.39 is 12.1 Å². The molecule has 0 saturated carbocycles. The van der Waals surface area contributed by atoms with Crippen molar-refractivity contribution in [3.63, 3.8) is 0 Å². The summed E-state index contributed by atoms with van der Waals surface area (Å²) < 4.78 is 0. The van der Waals surface area contributed by atoms with Crippen molar-refractivity contribution in [2.45, 2.75) is 57.5 Å². The summed E-state index contributed by atoms with van der Waals surface area (Å²) in [6.07, 6.45) is 2.87. The smallest absolute Gasteiger partial charge is 0.243 e. The molecule has 1 saturated heterocycles. The van der Waals surface area contributed by atoms with E-state index in [1.165, 1.54) is 0 Å². The highest BCUT2D eigenvalue weighted by atomic mass is 16.2. The van der Waals surface area contributed by atoms with Crippen LogP contribution in [0.1, 0.15) is 42.4 Å². The zero-order valence-corrected chi connectivity index (χ0v) is 19.6. The van der Waals surface area contributed by atoms with Gasteiger partial charge >= 0.3 is 0 Å². The molecule has 0 radical (unpaired) electrons. The third kappa shape index (κ3) is 7.43. The fourth-order valence-electron chi connectivity index (χ4n) is 3.80. The van der Waals surface area contributed by atoms with Gasteiger partial charge in [-0.15, -0.1) is 0 Å². The van der Waals surface area contributed by atoms with Gasteiger partial charge in [0.05, 0.1) is 0 Å². The summed E-state index contributed by atoms with van der Waals surface area (Å²) in [4.78, 5) is 48.4. The largest absolute Gasteiger partial charge is 0.359 e. The third-order valence-corrected chi connectivity index (χ3v) is 5.84. The van der Waals surface area contributed by atoms with Gasteiger partial charge in [-0.05, 0) is 43.0 Å². The van der Waals surface area contributed by atoms with Crippen LogP contribution in [-0.2, 0) is 32.0 Å². The molecule has 2 unspecified atom stereocenters. The second kappa shape index (κ2) is 12.0. The van der Waals surface area contributed by atoms with Crippen LogP contribution in [0, 0.1) is 6.92 Å². The van der Waals surface area contributed by atoms with Crippen LogP contribution in [0.5, 0.6) is 0 Å². The zero-order chi connectivity index (χ0) is 24.5. The lowest BCUT2D eigenvalue weighted by atomic mass is 9.98. The SMILES string of the molecule is CNC(=O)CCCCC(=O)Nc1ccc(CC2NC(=O)C(Cc3ccc(C)cc3)NC2=O)cc1. The summed E-state index contributed by atoms with van der Waals surface area (Å²) in [6, 6.07) is 13.9. The Balaban J connectivity index is 1.45. The second-order valence-corrected chi connectivity index (χ2v) is 8.64. The first kappa shape index (κ1) is 25.0. The Kier molecular flexibility index (Phi) is 8.79. The number of hydrogen-bond donors (Lipinski definition) is 4. The van der Waals surface area contributed by atoms with Crippen molar-refractivity contribution in [3.8, 4) is 0 Å². The number of nitrogens with one attached hydrogen (secondary N) is 4. The normalized spacial score (nSPS) is 17.5. The van der Waals surface area contributed by atoms with E-state index in [4.69, 9.17) is 0 Å². The summed E-state index contributed by atoms with van der Waals surface area (Å²) in [6.45, 7) is 2.00. The highest BCUT2D eigenvalue weighted by Gasteiger charge is 2.33. The van der Waals surface area contributed by atoms with E-state index in [2.05, 4.69) is 21.3 Å². The van der Waals surface area contributed by atoms with Crippen LogP contribution >= 0.6 is 0 Å². The molecule has 1 aliphatic rings. The van der Waals surface area contributed by atoms with Crippen LogP contribution in [0.3, 0.4) is 0 Å². The van der Waals surface area contributed by atoms with Gasteiger partial charge in [-0.25, -0.2) is 0 Å². The summed E-state index contributed by atoms with van der Waals surface area (Å²) >= 11 is 0. The summed E-state index contributed by atoms with van der Waals surface area (Å²) in [5.41, 5.74) is 3.68. The maximum absolute atomic E-state index is 12.6. The molecule has 0 aromatic heterocycles. The Morgan fingerprint density at radius 2 is 1.24 bits per heavy atom. The molecule has 3 rings (SSSR count). The van der Waals surface area contributed by atoms with Gasteiger partial charge < -0.3 is 21.3 Å². The Bertz CT molecular complexity index is 1020. The van der Waals surface area contributed by atoms with E-state index in [0.717, 1.165) is 16.7 Å². The average molecular weight is 465 g/mol. The number of rotatable bonds is 10. The van der Waals surface area contributed by atoms with Crippen LogP contribution in [-0.4, -0.2) is 42.8 Å². The summed E-state index contributed by atoms with van der Waals surface area (Å²) in [5, 5.41) is 11.1. The molecule has 8 nitrogen and oxygen atoms in total. The van der Waals surface area contributed by atoms with E-state index in [1.807, 2.05) is 43.3 Å². The van der Waals surface area contributed by atoms with Crippen molar-refractivity contribution in [2.24, 2.45) is 0 Å². The first-order valence-corrected chi connectivity index (χ1v) is 11.6. The van der Waals surface area contributed by atoms with E-state index in [-0.39, 0.29) is 23.6 Å². The average Bonchev–Trinajstić information content (AvgIpc) is 2.82. The van der Waals surface area contributed by atoms with Gasteiger partial charge in [0.2, 0.25) is 23.6 Å². The van der Waals surface area contributed by atoms with Gasteiger partial charge in [-0.2, -0.15) is 0 Å². The molecule has 4 N–H and O–H groups in total. The third-order valence-electron chi connectivity index (χ3n) is 5.84. The van der Waals surface area contributed by atoms with Gasteiger partial charge in [0, 0.05) is 38.4 Å². The minimum absolute atomic E-state index is 0.0272. The van der Waals surface area contributed by atoms with E-state index in [1.54, 1.807) is 19.2 Å². The van der Waals surface area contributed by atoms with Crippen molar-refractivity contribution >= 4 is 29.3 Å². The quantitative estimate of drug-likeness (QED) is 0.403. The number of amides is 4. The maximum Gasteiger partial charge on any atom is 0.243 e. The molecular formula is C26H32N4O4. The molecule has 1 fully saturated rings. The number of unbranched alkanes of at least 4 members (excludes halogenated alkanes) is 1. The highest BCUT2D eigenvalue weighted by Crippen LogP contribution is 2.15. The number of anilines is 1. The molecular weight excluding hydrogens is 432 g/mol. The van der Waals surface area contributed by atoms with E-state index in [0.29, 0.717) is 44.2 Å². The van der Waals surface area contributed by atoms with Crippen LogP contribution in [0.25, 0.3) is 0 Å². The van der Waals surface area contributed by atoms with Crippen molar-refractivity contribution in [3.05, 3.63) is 65.2 Å². The van der Waals surface area contributed by atoms with Gasteiger partial charge in [0.15, 0.2) is 0 Å². The predicted octanol–water partition coefficient (Wildman–Crippen LogP) is 2.01. The maximum atomic E-state index is 12.6. The molecule has 0 bridgehead atoms. The van der Waals surface area contributed by atoms with Gasteiger partial charge in [0.1, 0.15) is 12.1 Å². The molecule has 180 valence electrons. The summed E-state index contributed by atoms with van der Waals surface area (Å²) in [5.74, 6) is -0.528. The number of carbonyl (C=O) groups excluding carboxylic acids is 4. The number of piperazine rings is 1. The minimum atomic E-state index is -0.637. The highest BCUT2D eigenvalue weighted by molar-refractivity contribution is 5.97. The van der Waals surface area contributed by atoms with Crippen LogP contribution < -0.4 is 21.3 Å². The Hall–Kier alpha value is -3.68. The molecule has 4 amide bonds. The number of benzene rings is 2.